The van der Waals surface area contributed by atoms with Crippen LogP contribution in [0, 0.1) is 6.92 Å². The summed E-state index contributed by atoms with van der Waals surface area (Å²) < 4.78 is 0. The van der Waals surface area contributed by atoms with Gasteiger partial charge in [-0.2, -0.15) is 0 Å². The predicted molar refractivity (Wildman–Crippen MR) is 162 cm³/mol. The molecule has 0 aromatic heterocycles. The number of aryl methyl sites for hydroxylation is 1. The van der Waals surface area contributed by atoms with Gasteiger partial charge in [-0.25, -0.2) is 0 Å². The molecule has 0 saturated heterocycles. The molecule has 0 saturated carbocycles. The van der Waals surface area contributed by atoms with Crippen molar-refractivity contribution in [1.29, 1.82) is 0 Å². The van der Waals surface area contributed by atoms with Gasteiger partial charge in [0.1, 0.15) is 0 Å². The maximum Gasteiger partial charge on any atom is 0.0719 e. The van der Waals surface area contributed by atoms with E-state index in [4.69, 9.17) is 0 Å². The van der Waals surface area contributed by atoms with Crippen molar-refractivity contribution in [2.24, 2.45) is 0 Å². The smallest absolute Gasteiger partial charge is 0.0622 e. The van der Waals surface area contributed by atoms with Gasteiger partial charge in [0.15, 0.2) is 0 Å². The van der Waals surface area contributed by atoms with Crippen LogP contribution in [0.25, 0.3) is 33.4 Å². The zero-order valence-electron chi connectivity index (χ0n) is 22.0. The maximum atomic E-state index is 2.38. The van der Waals surface area contributed by atoms with Gasteiger partial charge in [-0.15, -0.1) is 0 Å². The van der Waals surface area contributed by atoms with Crippen molar-refractivity contribution < 1.29 is 0 Å². The molecule has 8 rings (SSSR count). The van der Waals surface area contributed by atoms with Gasteiger partial charge in [-0.05, 0) is 91.7 Å². The van der Waals surface area contributed by atoms with Gasteiger partial charge in [0, 0.05) is 0 Å². The SMILES string of the molecule is Cc1cc(-c2ccccc2)cc(-c2cccc3c2-c2ccccc2C32c3ccccc3Cc3ccccc32)c1. The van der Waals surface area contributed by atoms with E-state index in [2.05, 4.69) is 146 Å². The Morgan fingerprint density at radius 2 is 1.00 bits per heavy atom. The minimum atomic E-state index is -0.320. The molecule has 0 nitrogen and oxygen atoms in total. The Morgan fingerprint density at radius 1 is 0.436 bits per heavy atom. The van der Waals surface area contributed by atoms with Gasteiger partial charge in [-0.1, -0.05) is 133 Å². The zero-order chi connectivity index (χ0) is 26.0. The highest BCUT2D eigenvalue weighted by atomic mass is 14.5. The summed E-state index contributed by atoms with van der Waals surface area (Å²) in [6.45, 7) is 2.21. The first kappa shape index (κ1) is 22.3. The monoisotopic (exact) mass is 496 g/mol. The first-order valence-corrected chi connectivity index (χ1v) is 13.8. The van der Waals surface area contributed by atoms with Crippen molar-refractivity contribution in [1.82, 2.24) is 0 Å². The second kappa shape index (κ2) is 8.41. The quantitative estimate of drug-likeness (QED) is 0.223. The van der Waals surface area contributed by atoms with E-state index in [1.54, 1.807) is 0 Å². The van der Waals surface area contributed by atoms with Gasteiger partial charge in [-0.3, -0.25) is 0 Å². The van der Waals surface area contributed by atoms with E-state index >= 15 is 0 Å². The lowest BCUT2D eigenvalue weighted by atomic mass is 9.61. The van der Waals surface area contributed by atoms with E-state index in [0.29, 0.717) is 0 Å². The van der Waals surface area contributed by atoms with Crippen molar-refractivity contribution in [2.45, 2.75) is 18.8 Å². The van der Waals surface area contributed by atoms with Gasteiger partial charge >= 0.3 is 0 Å². The molecule has 0 bridgehead atoms. The molecule has 0 N–H and O–H groups in total. The molecule has 0 heterocycles. The van der Waals surface area contributed by atoms with Crippen molar-refractivity contribution in [2.75, 3.05) is 0 Å². The zero-order valence-corrected chi connectivity index (χ0v) is 22.0. The molecule has 6 aromatic rings. The molecule has 6 aromatic carbocycles. The average molecular weight is 497 g/mol. The Balaban J connectivity index is 1.47. The summed E-state index contributed by atoms with van der Waals surface area (Å²) in [5.41, 5.74) is 17.2. The third kappa shape index (κ3) is 3.12. The fourth-order valence-corrected chi connectivity index (χ4v) is 7.32. The number of rotatable bonds is 2. The van der Waals surface area contributed by atoms with E-state index < -0.39 is 0 Å². The third-order valence-electron chi connectivity index (χ3n) is 8.79. The Kier molecular flexibility index (Phi) is 4.81. The molecule has 0 radical (unpaired) electrons. The number of benzene rings is 6. The van der Waals surface area contributed by atoms with E-state index in [1.807, 2.05) is 0 Å². The van der Waals surface area contributed by atoms with E-state index in [1.165, 1.54) is 72.3 Å². The van der Waals surface area contributed by atoms with Gasteiger partial charge in [0.25, 0.3) is 0 Å². The van der Waals surface area contributed by atoms with Crippen LogP contribution in [0.1, 0.15) is 38.9 Å². The highest BCUT2D eigenvalue weighted by molar-refractivity contribution is 5.96. The Morgan fingerprint density at radius 3 is 1.74 bits per heavy atom. The molecule has 0 atom stereocenters. The molecule has 0 unspecified atom stereocenters. The van der Waals surface area contributed by atoms with Crippen molar-refractivity contribution in [3.63, 3.8) is 0 Å². The predicted octanol–water partition coefficient (Wildman–Crippen LogP) is 9.60. The van der Waals surface area contributed by atoms with Crippen LogP contribution in [0.15, 0.2) is 140 Å². The van der Waals surface area contributed by atoms with Crippen molar-refractivity contribution in [3.05, 3.63) is 178 Å². The summed E-state index contributed by atoms with van der Waals surface area (Å²) in [4.78, 5) is 0. The highest BCUT2D eigenvalue weighted by Crippen LogP contribution is 2.60. The van der Waals surface area contributed by atoms with Crippen molar-refractivity contribution in [3.8, 4) is 33.4 Å². The molecular weight excluding hydrogens is 468 g/mol. The van der Waals surface area contributed by atoms with Crippen LogP contribution in [0.2, 0.25) is 0 Å². The van der Waals surface area contributed by atoms with Crippen LogP contribution in [-0.4, -0.2) is 0 Å². The Hall–Kier alpha value is -4.68. The Labute approximate surface area is 230 Å². The third-order valence-corrected chi connectivity index (χ3v) is 8.79. The minimum absolute atomic E-state index is 0.320. The summed E-state index contributed by atoms with van der Waals surface area (Å²) in [5, 5.41) is 0. The van der Waals surface area contributed by atoms with Crippen LogP contribution in [0.5, 0.6) is 0 Å². The van der Waals surface area contributed by atoms with Gasteiger partial charge in [0.05, 0.1) is 5.41 Å². The van der Waals surface area contributed by atoms with Crippen LogP contribution in [-0.2, 0) is 11.8 Å². The number of hydrogen-bond donors (Lipinski definition) is 0. The summed E-state index contributed by atoms with van der Waals surface area (Å²) in [6.07, 6.45) is 0.976. The second-order valence-electron chi connectivity index (χ2n) is 11.0. The lowest BCUT2D eigenvalue weighted by molar-refractivity contribution is 0.722. The summed E-state index contributed by atoms with van der Waals surface area (Å²) in [5.74, 6) is 0. The van der Waals surface area contributed by atoms with Crippen LogP contribution >= 0.6 is 0 Å². The second-order valence-corrected chi connectivity index (χ2v) is 11.0. The lowest BCUT2D eigenvalue weighted by Gasteiger charge is -2.40. The Bertz CT molecular complexity index is 1840. The summed E-state index contributed by atoms with van der Waals surface area (Å²) >= 11 is 0. The van der Waals surface area contributed by atoms with Crippen LogP contribution < -0.4 is 0 Å². The maximum absolute atomic E-state index is 2.38. The van der Waals surface area contributed by atoms with E-state index in [9.17, 15) is 0 Å². The molecule has 184 valence electrons. The first-order valence-electron chi connectivity index (χ1n) is 13.8. The fourth-order valence-electron chi connectivity index (χ4n) is 7.32. The molecule has 0 amide bonds. The normalized spacial score (nSPS) is 13.9. The molecule has 2 aliphatic carbocycles. The highest BCUT2D eigenvalue weighted by Gasteiger charge is 2.50. The van der Waals surface area contributed by atoms with Crippen LogP contribution in [0.3, 0.4) is 0 Å². The topological polar surface area (TPSA) is 0 Å². The molecule has 0 fully saturated rings. The fraction of sp³-hybridized carbons (Fsp3) is 0.0769. The molecule has 0 aliphatic heterocycles. The number of fused-ring (bicyclic) bond motifs is 9. The molecular formula is C39H28. The van der Waals surface area contributed by atoms with Gasteiger partial charge < -0.3 is 0 Å². The average Bonchev–Trinajstić information content (AvgIpc) is 3.29. The van der Waals surface area contributed by atoms with Crippen molar-refractivity contribution >= 4 is 0 Å². The summed E-state index contributed by atoms with van der Waals surface area (Å²) in [6, 6.07) is 52.0. The largest absolute Gasteiger partial charge is 0.0719 e. The standard InChI is InChI=1S/C39H28/c1-26-22-30(27-12-3-2-4-13-27)25-31(23-26)32-17-11-21-37-38(32)33-16-7-10-20-36(33)39(37)34-18-8-5-14-28(34)24-29-15-6-9-19-35(29)39/h2-23,25H,24H2,1H3. The van der Waals surface area contributed by atoms with Crippen LogP contribution in [0.4, 0.5) is 0 Å². The summed E-state index contributed by atoms with van der Waals surface area (Å²) in [7, 11) is 0. The van der Waals surface area contributed by atoms with Gasteiger partial charge in [0.2, 0.25) is 0 Å². The molecule has 2 aliphatic rings. The number of hydrogen-bond acceptors (Lipinski definition) is 0. The molecule has 1 spiro atoms. The van der Waals surface area contributed by atoms with E-state index in [0.717, 1.165) is 6.42 Å². The minimum Gasteiger partial charge on any atom is -0.0622 e. The lowest BCUT2D eigenvalue weighted by Crippen LogP contribution is -2.34. The molecule has 39 heavy (non-hydrogen) atoms. The van der Waals surface area contributed by atoms with E-state index in [-0.39, 0.29) is 5.41 Å². The molecule has 0 heteroatoms. The first-order chi connectivity index (χ1) is 19.2.